The number of ether oxygens (including phenoxy) is 3. The van der Waals surface area contributed by atoms with E-state index in [4.69, 9.17) is 14.2 Å². The fourth-order valence-corrected chi connectivity index (χ4v) is 9.83. The highest BCUT2D eigenvalue weighted by Crippen LogP contribution is 2.18. The minimum absolute atomic E-state index is 0.0653. The fourth-order valence-electron chi connectivity index (χ4n) is 9.83. The number of hydrogen-bond donors (Lipinski definition) is 0. The molecule has 0 spiro atoms. The van der Waals surface area contributed by atoms with E-state index >= 15 is 0 Å². The SMILES string of the molecule is CCCCCCC/C=C\C/C=C\CCCCCCCCCCCCCC(=O)OCC(COC(=O)CCCCCCCCCCCCCCC)OC(=O)CCCCCCCCCCCCCCCCCCCC. The van der Waals surface area contributed by atoms with E-state index < -0.39 is 6.10 Å². The maximum absolute atomic E-state index is 12.9. The summed E-state index contributed by atoms with van der Waals surface area (Å²) in [4.78, 5) is 38.3. The van der Waals surface area contributed by atoms with Gasteiger partial charge in [0.25, 0.3) is 0 Å². The lowest BCUT2D eigenvalue weighted by Gasteiger charge is -2.18. The van der Waals surface area contributed by atoms with Crippen LogP contribution in [0.3, 0.4) is 0 Å². The van der Waals surface area contributed by atoms with Crippen LogP contribution >= 0.6 is 0 Å². The molecule has 6 nitrogen and oxygen atoms in total. The van der Waals surface area contributed by atoms with E-state index in [1.807, 2.05) is 0 Å². The van der Waals surface area contributed by atoms with E-state index in [1.165, 1.54) is 257 Å². The maximum Gasteiger partial charge on any atom is 0.306 e. The summed E-state index contributed by atoms with van der Waals surface area (Å²) >= 11 is 0. The zero-order chi connectivity index (χ0) is 52.2. The second-order valence-corrected chi connectivity index (χ2v) is 22.0. The van der Waals surface area contributed by atoms with Gasteiger partial charge in [-0.25, -0.2) is 0 Å². The van der Waals surface area contributed by atoms with E-state index in [0.29, 0.717) is 19.3 Å². The number of carbonyl (C=O) groups is 3. The second-order valence-electron chi connectivity index (χ2n) is 22.0. The molecule has 0 aliphatic rings. The molecule has 0 saturated heterocycles. The zero-order valence-electron chi connectivity index (χ0n) is 48.7. The zero-order valence-corrected chi connectivity index (χ0v) is 48.7. The van der Waals surface area contributed by atoms with Crippen molar-refractivity contribution in [1.82, 2.24) is 0 Å². The standard InChI is InChI=1S/C66H124O6/c1-4-7-10-13-16-19-22-25-27-29-31-32-33-34-35-37-38-41-44-47-50-53-56-59-65(68)71-62-63(61-70-64(67)58-55-52-49-46-43-40-24-21-18-15-12-9-6-3)72-66(69)60-57-54-51-48-45-42-39-36-30-28-26-23-20-17-14-11-8-5-2/h22,25,29,31,63H,4-21,23-24,26-28,30,32-62H2,1-3H3/b25-22-,31-29-. The summed E-state index contributed by atoms with van der Waals surface area (Å²) in [7, 11) is 0. The minimum atomic E-state index is -0.767. The molecule has 1 unspecified atom stereocenters. The lowest BCUT2D eigenvalue weighted by atomic mass is 10.0. The summed E-state index contributed by atoms with van der Waals surface area (Å²) in [5.74, 6) is -0.839. The van der Waals surface area contributed by atoms with E-state index in [0.717, 1.165) is 64.2 Å². The third-order valence-electron chi connectivity index (χ3n) is 14.7. The first-order chi connectivity index (χ1) is 35.5. The van der Waals surface area contributed by atoms with Crippen molar-refractivity contribution in [3.63, 3.8) is 0 Å². The monoisotopic (exact) mass is 1010 g/mol. The van der Waals surface area contributed by atoms with E-state index in [2.05, 4.69) is 45.1 Å². The summed E-state index contributed by atoms with van der Waals surface area (Å²) in [6.45, 7) is 6.70. The van der Waals surface area contributed by atoms with Crippen LogP contribution in [0.4, 0.5) is 0 Å². The topological polar surface area (TPSA) is 78.9 Å². The highest BCUT2D eigenvalue weighted by Gasteiger charge is 2.19. The van der Waals surface area contributed by atoms with E-state index in [-0.39, 0.29) is 31.1 Å². The molecule has 0 aromatic heterocycles. The quantitative estimate of drug-likeness (QED) is 0.0261. The maximum atomic E-state index is 12.9. The predicted molar refractivity (Wildman–Crippen MR) is 312 cm³/mol. The fraction of sp³-hybridized carbons (Fsp3) is 0.894. The second kappa shape index (κ2) is 61.4. The third kappa shape index (κ3) is 58.8. The van der Waals surface area contributed by atoms with Crippen LogP contribution in [0.25, 0.3) is 0 Å². The molecule has 0 heterocycles. The van der Waals surface area contributed by atoms with Gasteiger partial charge < -0.3 is 14.2 Å². The van der Waals surface area contributed by atoms with Crippen molar-refractivity contribution in [3.8, 4) is 0 Å². The first-order valence-corrected chi connectivity index (χ1v) is 32.3. The van der Waals surface area contributed by atoms with Crippen LogP contribution < -0.4 is 0 Å². The van der Waals surface area contributed by atoms with Gasteiger partial charge in [0.05, 0.1) is 0 Å². The molecule has 0 bridgehead atoms. The Morgan fingerprint density at radius 1 is 0.278 bits per heavy atom. The van der Waals surface area contributed by atoms with Crippen LogP contribution in [-0.4, -0.2) is 37.2 Å². The Labute approximate surface area is 449 Å². The average Bonchev–Trinajstić information content (AvgIpc) is 3.38. The van der Waals surface area contributed by atoms with Crippen LogP contribution in [0.1, 0.15) is 361 Å². The number of allylic oxidation sites excluding steroid dienone is 4. The van der Waals surface area contributed by atoms with Crippen LogP contribution in [-0.2, 0) is 28.6 Å². The van der Waals surface area contributed by atoms with Crippen LogP contribution in [0.2, 0.25) is 0 Å². The van der Waals surface area contributed by atoms with Gasteiger partial charge in [-0.2, -0.15) is 0 Å². The van der Waals surface area contributed by atoms with Gasteiger partial charge in [-0.15, -0.1) is 0 Å². The summed E-state index contributed by atoms with van der Waals surface area (Å²) in [5.41, 5.74) is 0. The van der Waals surface area contributed by atoms with Crippen molar-refractivity contribution >= 4 is 17.9 Å². The molecule has 0 aliphatic heterocycles. The lowest BCUT2D eigenvalue weighted by Crippen LogP contribution is -2.30. The van der Waals surface area contributed by atoms with E-state index in [9.17, 15) is 14.4 Å². The smallest absolute Gasteiger partial charge is 0.306 e. The molecular weight excluding hydrogens is 889 g/mol. The Balaban J connectivity index is 4.26. The molecule has 1 atom stereocenters. The number of carbonyl (C=O) groups excluding carboxylic acids is 3. The van der Waals surface area contributed by atoms with Gasteiger partial charge in [-0.1, -0.05) is 315 Å². The first kappa shape index (κ1) is 69.9. The summed E-state index contributed by atoms with van der Waals surface area (Å²) < 4.78 is 16.9. The van der Waals surface area contributed by atoms with Gasteiger partial charge in [0.1, 0.15) is 13.2 Å². The Bertz CT molecular complexity index is 1160. The number of unbranched alkanes of at least 4 members (excludes halogenated alkanes) is 45. The summed E-state index contributed by atoms with van der Waals surface area (Å²) in [5, 5.41) is 0. The Morgan fingerprint density at radius 3 is 0.764 bits per heavy atom. The number of hydrogen-bond acceptors (Lipinski definition) is 6. The van der Waals surface area contributed by atoms with Crippen LogP contribution in [0.15, 0.2) is 24.3 Å². The minimum Gasteiger partial charge on any atom is -0.462 e. The van der Waals surface area contributed by atoms with Crippen molar-refractivity contribution in [2.24, 2.45) is 0 Å². The number of esters is 3. The van der Waals surface area contributed by atoms with Crippen molar-refractivity contribution in [3.05, 3.63) is 24.3 Å². The Morgan fingerprint density at radius 2 is 0.500 bits per heavy atom. The molecule has 0 N–H and O–H groups in total. The van der Waals surface area contributed by atoms with Crippen molar-refractivity contribution < 1.29 is 28.6 Å². The molecule has 0 aromatic carbocycles. The van der Waals surface area contributed by atoms with Gasteiger partial charge in [0.15, 0.2) is 6.10 Å². The molecule has 0 radical (unpaired) electrons. The van der Waals surface area contributed by atoms with Gasteiger partial charge in [0, 0.05) is 19.3 Å². The van der Waals surface area contributed by atoms with Gasteiger partial charge in [-0.3, -0.25) is 14.4 Å². The molecule has 0 amide bonds. The van der Waals surface area contributed by atoms with Crippen LogP contribution in [0.5, 0.6) is 0 Å². The molecule has 424 valence electrons. The molecule has 72 heavy (non-hydrogen) atoms. The Hall–Kier alpha value is -2.11. The van der Waals surface area contributed by atoms with Crippen LogP contribution in [0, 0.1) is 0 Å². The Kier molecular flexibility index (Phi) is 59.6. The normalized spacial score (nSPS) is 12.1. The highest BCUT2D eigenvalue weighted by molar-refractivity contribution is 5.71. The third-order valence-corrected chi connectivity index (χ3v) is 14.7. The van der Waals surface area contributed by atoms with E-state index in [1.54, 1.807) is 0 Å². The van der Waals surface area contributed by atoms with Gasteiger partial charge in [0.2, 0.25) is 0 Å². The molecule has 0 rings (SSSR count). The predicted octanol–water partition coefficient (Wildman–Crippen LogP) is 21.8. The van der Waals surface area contributed by atoms with Gasteiger partial charge in [-0.05, 0) is 51.4 Å². The largest absolute Gasteiger partial charge is 0.462 e. The molecule has 0 aliphatic carbocycles. The molecular formula is C66H124O6. The average molecular weight is 1010 g/mol. The molecule has 6 heteroatoms. The lowest BCUT2D eigenvalue weighted by molar-refractivity contribution is -0.167. The summed E-state index contributed by atoms with van der Waals surface area (Å²) in [6.07, 6.45) is 73.2. The summed E-state index contributed by atoms with van der Waals surface area (Å²) in [6, 6.07) is 0. The molecule has 0 saturated carbocycles. The number of rotatable bonds is 60. The highest BCUT2D eigenvalue weighted by atomic mass is 16.6. The van der Waals surface area contributed by atoms with Gasteiger partial charge >= 0.3 is 17.9 Å². The van der Waals surface area contributed by atoms with Crippen molar-refractivity contribution in [2.75, 3.05) is 13.2 Å². The molecule has 0 fully saturated rings. The first-order valence-electron chi connectivity index (χ1n) is 32.3. The van der Waals surface area contributed by atoms with Crippen molar-refractivity contribution in [1.29, 1.82) is 0 Å². The van der Waals surface area contributed by atoms with Crippen molar-refractivity contribution in [2.45, 2.75) is 367 Å². The molecule has 0 aromatic rings.